The Balaban J connectivity index is 1.75. The number of fused-ring (bicyclic) bond motifs is 1. The topological polar surface area (TPSA) is 182 Å². The second-order valence-electron chi connectivity index (χ2n) is 9.59. The Morgan fingerprint density at radius 2 is 1.80 bits per heavy atom. The van der Waals surface area contributed by atoms with E-state index in [-0.39, 0.29) is 38.5 Å². The maximum atomic E-state index is 15.7. The molecule has 12 nitrogen and oxygen atoms in total. The highest BCUT2D eigenvalue weighted by Crippen LogP contribution is 2.37. The molecule has 2 aromatic heterocycles. The molecular formula is C26H25BrF2N5O7S3-. The van der Waals surface area contributed by atoms with Gasteiger partial charge in [0.1, 0.15) is 30.7 Å². The van der Waals surface area contributed by atoms with Gasteiger partial charge < -0.3 is 9.87 Å². The van der Waals surface area contributed by atoms with Gasteiger partial charge in [-0.15, -0.1) is 0 Å². The number of aryl methyl sites for hydroxylation is 1. The summed E-state index contributed by atoms with van der Waals surface area (Å²) in [5.41, 5.74) is -1.60. The largest absolute Gasteiger partial charge is 0.755 e. The first kappa shape index (κ1) is 33.6. The van der Waals surface area contributed by atoms with E-state index in [1.165, 1.54) is 12.1 Å². The van der Waals surface area contributed by atoms with E-state index < -0.39 is 76.9 Å². The molecule has 0 bridgehead atoms. The number of pyridine rings is 1. The zero-order valence-corrected chi connectivity index (χ0v) is 27.2. The van der Waals surface area contributed by atoms with Crippen LogP contribution in [0.5, 0.6) is 0 Å². The summed E-state index contributed by atoms with van der Waals surface area (Å²) < 4.78 is 107. The van der Waals surface area contributed by atoms with Gasteiger partial charge in [0.15, 0.2) is 11.5 Å². The van der Waals surface area contributed by atoms with E-state index in [1.807, 2.05) is 0 Å². The van der Waals surface area contributed by atoms with E-state index in [9.17, 15) is 34.8 Å². The van der Waals surface area contributed by atoms with Crippen LogP contribution >= 0.6 is 15.9 Å². The van der Waals surface area contributed by atoms with Crippen LogP contribution in [0.4, 0.5) is 20.2 Å². The van der Waals surface area contributed by atoms with Gasteiger partial charge >= 0.3 is 0 Å². The van der Waals surface area contributed by atoms with Crippen LogP contribution in [-0.2, 0) is 30.9 Å². The summed E-state index contributed by atoms with van der Waals surface area (Å²) in [6, 6.07) is 7.29. The van der Waals surface area contributed by atoms with Gasteiger partial charge in [-0.3, -0.25) is 18.4 Å². The molecule has 18 heteroatoms. The highest BCUT2D eigenvalue weighted by molar-refractivity contribution is 9.10. The number of nitrogens with zero attached hydrogens (tertiary/aromatic N) is 3. The Morgan fingerprint density at radius 1 is 1.11 bits per heavy atom. The lowest BCUT2D eigenvalue weighted by Crippen LogP contribution is -2.30. The maximum Gasteiger partial charge on any atom is 0.261 e. The number of sulfone groups is 2. The molecule has 0 aliphatic heterocycles. The van der Waals surface area contributed by atoms with Crippen LogP contribution in [0.1, 0.15) is 35.7 Å². The van der Waals surface area contributed by atoms with Crippen molar-refractivity contribution < 1.29 is 39.2 Å². The quantitative estimate of drug-likeness (QED) is 0.202. The number of hydrogen-bond acceptors (Lipinski definition) is 9. The number of halogens is 3. The van der Waals surface area contributed by atoms with Crippen LogP contribution in [-0.4, -0.2) is 64.7 Å². The van der Waals surface area contributed by atoms with Crippen molar-refractivity contribution in [2.45, 2.75) is 36.5 Å². The minimum atomic E-state index is -4.38. The third-order valence-corrected chi connectivity index (χ3v) is 11.5. The molecule has 0 spiro atoms. The summed E-state index contributed by atoms with van der Waals surface area (Å²) in [5, 5.41) is 8.64. The fourth-order valence-electron chi connectivity index (χ4n) is 4.37. The number of benzene rings is 2. The van der Waals surface area contributed by atoms with Crippen molar-refractivity contribution in [2.75, 3.05) is 27.7 Å². The summed E-state index contributed by atoms with van der Waals surface area (Å²) in [6.07, 6.45) is 1.13. The smallest absolute Gasteiger partial charge is 0.261 e. The molecule has 0 fully saturated rings. The maximum absolute atomic E-state index is 15.7. The number of aromatic nitrogens is 3. The predicted molar refractivity (Wildman–Crippen MR) is 162 cm³/mol. The Labute approximate surface area is 262 Å². The summed E-state index contributed by atoms with van der Waals surface area (Å²) >= 11 is 0.0610. The molecule has 2 heterocycles. The monoisotopic (exact) mass is 732 g/mol. The molecule has 0 aliphatic carbocycles. The van der Waals surface area contributed by atoms with E-state index in [1.54, 1.807) is 26.0 Å². The average Bonchev–Trinajstić information content (AvgIpc) is 3.32. The first-order valence-corrected chi connectivity index (χ1v) is 18.0. The van der Waals surface area contributed by atoms with Crippen molar-refractivity contribution in [3.8, 4) is 0 Å². The molecule has 2 aromatic carbocycles. The Hall–Kier alpha value is -3.32. The molecule has 4 aromatic rings. The van der Waals surface area contributed by atoms with Crippen LogP contribution in [0.15, 0.2) is 57.0 Å². The third-order valence-electron chi connectivity index (χ3n) is 6.42. The second-order valence-corrected chi connectivity index (χ2v) is 15.4. The van der Waals surface area contributed by atoms with Crippen LogP contribution in [0.25, 0.3) is 11.0 Å². The van der Waals surface area contributed by atoms with Crippen molar-refractivity contribution in [1.82, 2.24) is 15.2 Å². The molecule has 0 aliphatic rings. The predicted octanol–water partition coefficient (Wildman–Crippen LogP) is 4.21. The molecule has 0 radical (unpaired) electrons. The lowest BCUT2D eigenvalue weighted by Gasteiger charge is -2.27. The van der Waals surface area contributed by atoms with E-state index in [0.29, 0.717) is 16.8 Å². The summed E-state index contributed by atoms with van der Waals surface area (Å²) in [4.78, 5) is 16.8. The second kappa shape index (κ2) is 13.4. The van der Waals surface area contributed by atoms with Crippen molar-refractivity contribution >= 4 is 75.2 Å². The fraction of sp³-hybridized carbons (Fsp3) is 0.269. The number of carbonyl (C=O) groups is 1. The number of amides is 1. The van der Waals surface area contributed by atoms with Gasteiger partial charge in [-0.05, 0) is 60.0 Å². The van der Waals surface area contributed by atoms with Crippen LogP contribution in [0, 0.1) is 18.6 Å². The van der Waals surface area contributed by atoms with Gasteiger partial charge in [0.05, 0.1) is 33.6 Å². The molecule has 1 unspecified atom stereocenters. The van der Waals surface area contributed by atoms with Crippen molar-refractivity contribution in [2.24, 2.45) is 0 Å². The molecule has 1 atom stereocenters. The van der Waals surface area contributed by atoms with Gasteiger partial charge in [0, 0.05) is 23.6 Å². The molecular weight excluding hydrogens is 708 g/mol. The van der Waals surface area contributed by atoms with E-state index in [4.69, 9.17) is 0 Å². The minimum Gasteiger partial charge on any atom is -0.755 e. The van der Waals surface area contributed by atoms with Crippen LogP contribution < -0.4 is 9.62 Å². The average molecular weight is 734 g/mol. The molecule has 4 rings (SSSR count). The SMILES string of the molecule is CCCS(=O)(=O)CCCN(c1ccc(F)c(C(=O)Nc2cnc3n[nH]c(Br)c3c2S(=O)(=O)c2ccc(C)cc2)c1F)S(=O)[O-]. The molecule has 236 valence electrons. The van der Waals surface area contributed by atoms with Crippen LogP contribution in [0.2, 0.25) is 0 Å². The van der Waals surface area contributed by atoms with Crippen molar-refractivity contribution in [3.05, 3.63) is 70.0 Å². The third kappa shape index (κ3) is 6.98. The fourth-order valence-corrected chi connectivity index (χ4v) is 8.53. The Bertz CT molecular complexity index is 1970. The zero-order chi connectivity index (χ0) is 32.4. The van der Waals surface area contributed by atoms with Crippen LogP contribution in [0.3, 0.4) is 0 Å². The van der Waals surface area contributed by atoms with Crippen molar-refractivity contribution in [3.63, 3.8) is 0 Å². The minimum absolute atomic E-state index is 0.0329. The standard InChI is InChI=1S/C26H26BrF2N5O7S3/c1-3-12-43(38,39)13-4-11-34(42(36)37)19-10-9-17(28)20(22(19)29)26(35)31-18-14-30-25-21(24(27)32-33-25)23(18)44(40,41)16-7-5-15(2)6-8-16/h5-10,14H,3-4,11-13H2,1-2H3,(H,31,35)(H,36,37)(H,30,32,33)/p-1. The lowest BCUT2D eigenvalue weighted by atomic mass is 10.1. The zero-order valence-electron chi connectivity index (χ0n) is 23.1. The molecule has 0 saturated carbocycles. The van der Waals surface area contributed by atoms with Gasteiger partial charge in [-0.25, -0.2) is 30.6 Å². The summed E-state index contributed by atoms with van der Waals surface area (Å²) in [5.74, 6) is -4.86. The van der Waals surface area contributed by atoms with Gasteiger partial charge in [-0.2, -0.15) is 5.10 Å². The highest BCUT2D eigenvalue weighted by Gasteiger charge is 2.30. The lowest BCUT2D eigenvalue weighted by molar-refractivity contribution is 0.101. The Kier molecular flexibility index (Phi) is 10.2. The van der Waals surface area contributed by atoms with Gasteiger partial charge in [-0.1, -0.05) is 24.6 Å². The number of rotatable bonds is 12. The highest BCUT2D eigenvalue weighted by atomic mass is 79.9. The summed E-state index contributed by atoms with van der Waals surface area (Å²) in [7, 11) is -7.86. The molecule has 2 N–H and O–H groups in total. The van der Waals surface area contributed by atoms with E-state index in [2.05, 4.69) is 36.4 Å². The van der Waals surface area contributed by atoms with Crippen molar-refractivity contribution in [1.29, 1.82) is 0 Å². The van der Waals surface area contributed by atoms with Gasteiger partial charge in [0.2, 0.25) is 9.84 Å². The van der Waals surface area contributed by atoms with E-state index >= 15 is 4.39 Å². The number of carbonyl (C=O) groups excluding carboxylic acids is 1. The number of nitrogens with one attached hydrogen (secondary N) is 2. The first-order chi connectivity index (χ1) is 20.7. The van der Waals surface area contributed by atoms with Gasteiger partial charge in [0.25, 0.3) is 5.91 Å². The normalized spacial score (nSPS) is 12.8. The van der Waals surface area contributed by atoms with E-state index in [0.717, 1.165) is 17.8 Å². The number of hydrogen-bond donors (Lipinski definition) is 2. The number of aromatic amines is 1. The Morgan fingerprint density at radius 3 is 2.43 bits per heavy atom. The molecule has 44 heavy (non-hydrogen) atoms. The molecule has 1 amide bonds. The molecule has 0 saturated heterocycles. The summed E-state index contributed by atoms with van der Waals surface area (Å²) in [6.45, 7) is 2.95. The number of anilines is 2. The first-order valence-electron chi connectivity index (χ1n) is 12.9. The number of H-pyrrole nitrogens is 1.